The Kier molecular flexibility index (Phi) is 7.82. The molecule has 1 aliphatic heterocycles. The molecule has 1 atom stereocenters. The summed E-state index contributed by atoms with van der Waals surface area (Å²) >= 11 is 0. The maximum atomic E-state index is 12.5. The Labute approximate surface area is 168 Å². The third-order valence-electron chi connectivity index (χ3n) is 5.40. The van der Waals surface area contributed by atoms with Crippen molar-refractivity contribution in [3.8, 4) is 11.1 Å². The lowest BCUT2D eigenvalue weighted by molar-refractivity contribution is -0.125. The SMILES string of the molecule is CCCCCCCNC(=O)[C@H]1CCCN(c2ncc(-c3ccccc3)cn2)C1. The summed E-state index contributed by atoms with van der Waals surface area (Å²) in [6.07, 6.45) is 11.8. The first-order valence-electron chi connectivity index (χ1n) is 10.7. The van der Waals surface area contributed by atoms with E-state index in [0.29, 0.717) is 6.54 Å². The smallest absolute Gasteiger partial charge is 0.225 e. The molecule has 1 saturated heterocycles. The van der Waals surface area contributed by atoms with Gasteiger partial charge in [-0.2, -0.15) is 0 Å². The van der Waals surface area contributed by atoms with E-state index in [1.807, 2.05) is 30.6 Å². The molecule has 1 amide bonds. The van der Waals surface area contributed by atoms with Crippen LogP contribution in [0.4, 0.5) is 5.95 Å². The van der Waals surface area contributed by atoms with Crippen molar-refractivity contribution in [3.05, 3.63) is 42.7 Å². The molecule has 0 radical (unpaired) electrons. The highest BCUT2D eigenvalue weighted by atomic mass is 16.1. The van der Waals surface area contributed by atoms with Gasteiger partial charge in [-0.15, -0.1) is 0 Å². The molecule has 1 aromatic heterocycles. The van der Waals surface area contributed by atoms with Gasteiger partial charge < -0.3 is 10.2 Å². The molecule has 0 spiro atoms. The fourth-order valence-electron chi connectivity index (χ4n) is 3.72. The highest BCUT2D eigenvalue weighted by molar-refractivity contribution is 5.79. The molecule has 0 aliphatic carbocycles. The van der Waals surface area contributed by atoms with Crippen LogP contribution < -0.4 is 10.2 Å². The Balaban J connectivity index is 1.49. The number of nitrogens with zero attached hydrogens (tertiary/aromatic N) is 3. The van der Waals surface area contributed by atoms with Gasteiger partial charge in [0.1, 0.15) is 0 Å². The lowest BCUT2D eigenvalue weighted by atomic mass is 9.97. The largest absolute Gasteiger partial charge is 0.356 e. The number of unbranched alkanes of at least 4 members (excludes halogenated alkanes) is 4. The van der Waals surface area contributed by atoms with E-state index in [2.05, 4.69) is 39.2 Å². The number of aromatic nitrogens is 2. The highest BCUT2D eigenvalue weighted by Crippen LogP contribution is 2.22. The molecule has 2 aromatic rings. The van der Waals surface area contributed by atoms with E-state index < -0.39 is 0 Å². The molecule has 150 valence electrons. The lowest BCUT2D eigenvalue weighted by Gasteiger charge is -2.32. The summed E-state index contributed by atoms with van der Waals surface area (Å²) in [5.74, 6) is 0.930. The van der Waals surface area contributed by atoms with E-state index in [1.54, 1.807) is 0 Å². The number of nitrogens with one attached hydrogen (secondary N) is 1. The Morgan fingerprint density at radius 3 is 2.57 bits per heavy atom. The lowest BCUT2D eigenvalue weighted by Crippen LogP contribution is -2.43. The molecule has 2 heterocycles. The highest BCUT2D eigenvalue weighted by Gasteiger charge is 2.26. The second kappa shape index (κ2) is 10.8. The van der Waals surface area contributed by atoms with Crippen LogP contribution in [0.1, 0.15) is 51.9 Å². The number of benzene rings is 1. The first-order chi connectivity index (χ1) is 13.8. The van der Waals surface area contributed by atoms with Crippen LogP contribution in [0, 0.1) is 5.92 Å². The molecule has 1 N–H and O–H groups in total. The van der Waals surface area contributed by atoms with Gasteiger partial charge in [0, 0.05) is 37.6 Å². The van der Waals surface area contributed by atoms with E-state index in [9.17, 15) is 4.79 Å². The number of hydrogen-bond donors (Lipinski definition) is 1. The third-order valence-corrected chi connectivity index (χ3v) is 5.40. The quantitative estimate of drug-likeness (QED) is 0.653. The number of amides is 1. The molecule has 1 fully saturated rings. The topological polar surface area (TPSA) is 58.1 Å². The average Bonchev–Trinajstić information content (AvgIpc) is 2.77. The van der Waals surface area contributed by atoms with E-state index >= 15 is 0 Å². The van der Waals surface area contributed by atoms with Crippen LogP contribution in [0.5, 0.6) is 0 Å². The van der Waals surface area contributed by atoms with Crippen LogP contribution in [0.25, 0.3) is 11.1 Å². The maximum Gasteiger partial charge on any atom is 0.225 e. The predicted octanol–water partition coefficient (Wildman–Crippen LogP) is 4.45. The fourth-order valence-corrected chi connectivity index (χ4v) is 3.72. The average molecular weight is 381 g/mol. The summed E-state index contributed by atoms with van der Waals surface area (Å²) < 4.78 is 0. The van der Waals surface area contributed by atoms with Gasteiger partial charge in [0.15, 0.2) is 0 Å². The number of carbonyl (C=O) groups is 1. The van der Waals surface area contributed by atoms with Crippen LogP contribution in [0.3, 0.4) is 0 Å². The molecule has 1 aromatic carbocycles. The molecule has 3 rings (SSSR count). The van der Waals surface area contributed by atoms with Gasteiger partial charge in [-0.1, -0.05) is 62.9 Å². The zero-order valence-electron chi connectivity index (χ0n) is 16.9. The Morgan fingerprint density at radius 1 is 1.07 bits per heavy atom. The van der Waals surface area contributed by atoms with Crippen molar-refractivity contribution >= 4 is 11.9 Å². The first-order valence-corrected chi connectivity index (χ1v) is 10.7. The zero-order valence-corrected chi connectivity index (χ0v) is 16.9. The predicted molar refractivity (Wildman–Crippen MR) is 114 cm³/mol. The molecule has 28 heavy (non-hydrogen) atoms. The fraction of sp³-hybridized carbons (Fsp3) is 0.522. The molecule has 1 aliphatic rings. The van der Waals surface area contributed by atoms with Crippen LogP contribution >= 0.6 is 0 Å². The van der Waals surface area contributed by atoms with Crippen molar-refractivity contribution in [2.75, 3.05) is 24.5 Å². The summed E-state index contributed by atoms with van der Waals surface area (Å²) in [4.78, 5) is 23.8. The summed E-state index contributed by atoms with van der Waals surface area (Å²) in [6, 6.07) is 10.1. The van der Waals surface area contributed by atoms with Crippen LogP contribution in [-0.2, 0) is 4.79 Å². The normalized spacial score (nSPS) is 16.8. The minimum absolute atomic E-state index is 0.0294. The maximum absolute atomic E-state index is 12.5. The monoisotopic (exact) mass is 380 g/mol. The molecule has 0 unspecified atom stereocenters. The molecular formula is C23H32N4O. The van der Waals surface area contributed by atoms with Crippen molar-refractivity contribution < 1.29 is 4.79 Å². The molecule has 5 nitrogen and oxygen atoms in total. The van der Waals surface area contributed by atoms with Crippen LogP contribution in [-0.4, -0.2) is 35.5 Å². The van der Waals surface area contributed by atoms with Crippen molar-refractivity contribution in [1.82, 2.24) is 15.3 Å². The molecule has 5 heteroatoms. The molecular weight excluding hydrogens is 348 g/mol. The van der Waals surface area contributed by atoms with Gasteiger partial charge >= 0.3 is 0 Å². The van der Waals surface area contributed by atoms with Crippen molar-refractivity contribution in [2.24, 2.45) is 5.92 Å². The Hall–Kier alpha value is -2.43. The number of anilines is 1. The Morgan fingerprint density at radius 2 is 1.82 bits per heavy atom. The minimum atomic E-state index is 0.0294. The number of rotatable bonds is 9. The summed E-state index contributed by atoms with van der Waals surface area (Å²) in [5, 5.41) is 3.13. The number of piperidine rings is 1. The van der Waals surface area contributed by atoms with Crippen molar-refractivity contribution in [2.45, 2.75) is 51.9 Å². The van der Waals surface area contributed by atoms with E-state index in [1.165, 1.54) is 25.7 Å². The van der Waals surface area contributed by atoms with E-state index in [4.69, 9.17) is 0 Å². The second-order valence-corrected chi connectivity index (χ2v) is 7.63. The molecule has 0 bridgehead atoms. The minimum Gasteiger partial charge on any atom is -0.356 e. The molecule has 0 saturated carbocycles. The number of hydrogen-bond acceptors (Lipinski definition) is 4. The zero-order chi connectivity index (χ0) is 19.6. The summed E-state index contributed by atoms with van der Waals surface area (Å²) in [5.41, 5.74) is 2.13. The van der Waals surface area contributed by atoms with E-state index in [-0.39, 0.29) is 11.8 Å². The third kappa shape index (κ3) is 5.78. The van der Waals surface area contributed by atoms with Gasteiger partial charge in [-0.05, 0) is 24.8 Å². The first kappa shape index (κ1) is 20.3. The van der Waals surface area contributed by atoms with Gasteiger partial charge in [0.2, 0.25) is 11.9 Å². The summed E-state index contributed by atoms with van der Waals surface area (Å²) in [6.45, 7) is 4.62. The van der Waals surface area contributed by atoms with Gasteiger partial charge in [-0.3, -0.25) is 4.79 Å². The van der Waals surface area contributed by atoms with Crippen LogP contribution in [0.15, 0.2) is 42.7 Å². The standard InChI is InChI=1S/C23H32N4O/c1-2-3-4-5-9-14-24-22(28)20-13-10-15-27(18-20)23-25-16-21(17-26-23)19-11-7-6-8-12-19/h6-8,11-12,16-17,20H,2-5,9-10,13-15,18H2,1H3,(H,24,28)/t20-/m0/s1. The van der Waals surface area contributed by atoms with Gasteiger partial charge in [0.05, 0.1) is 5.92 Å². The van der Waals surface area contributed by atoms with E-state index in [0.717, 1.165) is 49.4 Å². The number of carbonyl (C=O) groups excluding carboxylic acids is 1. The van der Waals surface area contributed by atoms with Gasteiger partial charge in [0.25, 0.3) is 0 Å². The van der Waals surface area contributed by atoms with Crippen molar-refractivity contribution in [1.29, 1.82) is 0 Å². The second-order valence-electron chi connectivity index (χ2n) is 7.63. The Bertz CT molecular complexity index is 717. The summed E-state index contributed by atoms with van der Waals surface area (Å²) in [7, 11) is 0. The van der Waals surface area contributed by atoms with Crippen molar-refractivity contribution in [3.63, 3.8) is 0 Å². The van der Waals surface area contributed by atoms with Gasteiger partial charge in [-0.25, -0.2) is 9.97 Å². The van der Waals surface area contributed by atoms with Crippen LogP contribution in [0.2, 0.25) is 0 Å².